The molecule has 17 heavy (non-hydrogen) atoms. The van der Waals surface area contributed by atoms with Crippen molar-refractivity contribution in [2.24, 2.45) is 0 Å². The van der Waals surface area contributed by atoms with Gasteiger partial charge in [0.2, 0.25) is 0 Å². The first kappa shape index (κ1) is 12.0. The molecule has 0 amide bonds. The van der Waals surface area contributed by atoms with E-state index in [0.29, 0.717) is 0 Å². The summed E-state index contributed by atoms with van der Waals surface area (Å²) < 4.78 is 5.66. The van der Waals surface area contributed by atoms with Gasteiger partial charge >= 0.3 is 0 Å². The van der Waals surface area contributed by atoms with Gasteiger partial charge in [-0.25, -0.2) is 0 Å². The van der Waals surface area contributed by atoms with Gasteiger partial charge in [0.05, 0.1) is 0 Å². The predicted octanol–water partition coefficient (Wildman–Crippen LogP) is 2.05. The monoisotopic (exact) mass is 232 g/mol. The van der Waals surface area contributed by atoms with Crippen LogP contribution in [-0.4, -0.2) is 32.3 Å². The van der Waals surface area contributed by atoms with Crippen LogP contribution in [0.25, 0.3) is 0 Å². The van der Waals surface area contributed by atoms with Crippen molar-refractivity contribution in [1.29, 1.82) is 0 Å². The van der Waals surface area contributed by atoms with E-state index in [4.69, 9.17) is 4.74 Å². The largest absolute Gasteiger partial charge is 0.487 e. The fourth-order valence-electron chi connectivity index (χ4n) is 1.92. The average Bonchev–Trinajstić information content (AvgIpc) is 2.40. The molecule has 1 fully saturated rings. The lowest BCUT2D eigenvalue weighted by Gasteiger charge is -2.29. The molecule has 1 N–H and O–H groups in total. The highest BCUT2D eigenvalue weighted by Crippen LogP contribution is 2.20. The van der Waals surface area contributed by atoms with E-state index in [1.54, 1.807) is 6.08 Å². The van der Waals surface area contributed by atoms with E-state index >= 15 is 0 Å². The Morgan fingerprint density at radius 1 is 1.29 bits per heavy atom. The molecular formula is C14H20N2O. The third-order valence-corrected chi connectivity index (χ3v) is 2.97. The molecule has 2 rings (SSSR count). The summed E-state index contributed by atoms with van der Waals surface area (Å²) in [5.74, 6) is 0.899. The van der Waals surface area contributed by atoms with Gasteiger partial charge in [-0.15, -0.1) is 0 Å². The number of nitrogens with zero attached hydrogens (tertiary/aromatic N) is 1. The van der Waals surface area contributed by atoms with Crippen LogP contribution in [0.15, 0.2) is 36.9 Å². The zero-order valence-corrected chi connectivity index (χ0v) is 10.4. The number of hydrogen-bond donors (Lipinski definition) is 1. The minimum atomic E-state index is 0.0556. The second-order valence-electron chi connectivity index (χ2n) is 4.29. The SMILES string of the molecule is C=CC(C)Oc1ccc(N2CCNCC2)cc1. The molecule has 0 spiro atoms. The van der Waals surface area contributed by atoms with Gasteiger partial charge in [0, 0.05) is 31.9 Å². The minimum Gasteiger partial charge on any atom is -0.487 e. The third-order valence-electron chi connectivity index (χ3n) is 2.97. The van der Waals surface area contributed by atoms with Crippen LogP contribution in [0.4, 0.5) is 5.69 Å². The number of nitrogens with one attached hydrogen (secondary N) is 1. The van der Waals surface area contributed by atoms with Crippen molar-refractivity contribution in [2.75, 3.05) is 31.1 Å². The highest BCUT2D eigenvalue weighted by Gasteiger charge is 2.10. The summed E-state index contributed by atoms with van der Waals surface area (Å²) in [6, 6.07) is 8.29. The second kappa shape index (κ2) is 5.73. The Kier molecular flexibility index (Phi) is 4.04. The van der Waals surface area contributed by atoms with Gasteiger partial charge in [0.1, 0.15) is 11.9 Å². The van der Waals surface area contributed by atoms with E-state index in [1.165, 1.54) is 5.69 Å². The molecule has 0 saturated carbocycles. The summed E-state index contributed by atoms with van der Waals surface area (Å²) in [5, 5.41) is 3.35. The Morgan fingerprint density at radius 2 is 1.94 bits per heavy atom. The van der Waals surface area contributed by atoms with Crippen LogP contribution >= 0.6 is 0 Å². The van der Waals surface area contributed by atoms with E-state index in [-0.39, 0.29) is 6.10 Å². The van der Waals surface area contributed by atoms with Crippen molar-refractivity contribution in [3.8, 4) is 5.75 Å². The third kappa shape index (κ3) is 3.24. The molecule has 1 heterocycles. The number of anilines is 1. The molecule has 3 nitrogen and oxygen atoms in total. The molecule has 1 atom stereocenters. The Labute approximate surface area is 103 Å². The van der Waals surface area contributed by atoms with Crippen molar-refractivity contribution in [3.63, 3.8) is 0 Å². The molecule has 1 aliphatic heterocycles. The van der Waals surface area contributed by atoms with E-state index in [0.717, 1.165) is 31.9 Å². The summed E-state index contributed by atoms with van der Waals surface area (Å²) in [6.45, 7) is 9.96. The van der Waals surface area contributed by atoms with Gasteiger partial charge in [-0.3, -0.25) is 0 Å². The van der Waals surface area contributed by atoms with E-state index < -0.39 is 0 Å². The molecule has 92 valence electrons. The smallest absolute Gasteiger partial charge is 0.120 e. The van der Waals surface area contributed by atoms with Crippen LogP contribution in [-0.2, 0) is 0 Å². The van der Waals surface area contributed by atoms with Gasteiger partial charge in [-0.2, -0.15) is 0 Å². The fraction of sp³-hybridized carbons (Fsp3) is 0.429. The highest BCUT2D eigenvalue weighted by atomic mass is 16.5. The van der Waals surface area contributed by atoms with Crippen molar-refractivity contribution >= 4 is 5.69 Å². The first-order valence-electron chi connectivity index (χ1n) is 6.14. The van der Waals surface area contributed by atoms with Crippen LogP contribution in [0.5, 0.6) is 5.75 Å². The predicted molar refractivity (Wildman–Crippen MR) is 71.8 cm³/mol. The number of hydrogen-bond acceptors (Lipinski definition) is 3. The maximum Gasteiger partial charge on any atom is 0.120 e. The molecule has 0 bridgehead atoms. The van der Waals surface area contributed by atoms with Crippen molar-refractivity contribution in [1.82, 2.24) is 5.32 Å². The molecule has 1 aromatic carbocycles. The van der Waals surface area contributed by atoms with Gasteiger partial charge < -0.3 is 15.0 Å². The minimum absolute atomic E-state index is 0.0556. The fourth-order valence-corrected chi connectivity index (χ4v) is 1.92. The number of piperazine rings is 1. The van der Waals surface area contributed by atoms with Crippen molar-refractivity contribution in [2.45, 2.75) is 13.0 Å². The zero-order chi connectivity index (χ0) is 12.1. The van der Waals surface area contributed by atoms with Crippen molar-refractivity contribution in [3.05, 3.63) is 36.9 Å². The lowest BCUT2D eigenvalue weighted by atomic mass is 10.2. The van der Waals surface area contributed by atoms with Crippen molar-refractivity contribution < 1.29 is 4.74 Å². The Balaban J connectivity index is 1.99. The number of ether oxygens (including phenoxy) is 1. The standard InChI is InChI=1S/C14H20N2O/c1-3-12(2)17-14-6-4-13(5-7-14)16-10-8-15-9-11-16/h3-7,12,15H,1,8-11H2,2H3. The molecule has 0 aromatic heterocycles. The molecule has 1 unspecified atom stereocenters. The van der Waals surface area contributed by atoms with Crippen LogP contribution in [0.2, 0.25) is 0 Å². The van der Waals surface area contributed by atoms with E-state index in [2.05, 4.69) is 28.9 Å². The lowest BCUT2D eigenvalue weighted by Crippen LogP contribution is -2.43. The van der Waals surface area contributed by atoms with Gasteiger partial charge in [-0.05, 0) is 31.2 Å². The summed E-state index contributed by atoms with van der Waals surface area (Å²) in [7, 11) is 0. The van der Waals surface area contributed by atoms with Crippen LogP contribution < -0.4 is 15.0 Å². The van der Waals surface area contributed by atoms with Gasteiger partial charge in [0.25, 0.3) is 0 Å². The molecule has 3 heteroatoms. The van der Waals surface area contributed by atoms with Gasteiger partial charge in [-0.1, -0.05) is 12.7 Å². The Morgan fingerprint density at radius 3 is 2.53 bits per heavy atom. The summed E-state index contributed by atoms with van der Waals surface area (Å²) in [6.07, 6.45) is 1.85. The molecular weight excluding hydrogens is 212 g/mol. The van der Waals surface area contributed by atoms with Crippen LogP contribution in [0.1, 0.15) is 6.92 Å². The quantitative estimate of drug-likeness (QED) is 0.804. The first-order valence-corrected chi connectivity index (χ1v) is 6.14. The Hall–Kier alpha value is -1.48. The molecule has 1 aliphatic rings. The zero-order valence-electron chi connectivity index (χ0n) is 10.4. The summed E-state index contributed by atoms with van der Waals surface area (Å²) in [4.78, 5) is 2.39. The van der Waals surface area contributed by atoms with Crippen LogP contribution in [0.3, 0.4) is 0 Å². The maximum absolute atomic E-state index is 5.66. The topological polar surface area (TPSA) is 24.5 Å². The second-order valence-corrected chi connectivity index (χ2v) is 4.29. The highest BCUT2D eigenvalue weighted by molar-refractivity contribution is 5.49. The maximum atomic E-state index is 5.66. The summed E-state index contributed by atoms with van der Waals surface area (Å²) in [5.41, 5.74) is 1.27. The Bertz CT molecular complexity index is 355. The lowest BCUT2D eigenvalue weighted by molar-refractivity contribution is 0.270. The van der Waals surface area contributed by atoms with Gasteiger partial charge in [0.15, 0.2) is 0 Å². The molecule has 1 saturated heterocycles. The average molecular weight is 232 g/mol. The molecule has 0 aliphatic carbocycles. The number of rotatable bonds is 4. The first-order chi connectivity index (χ1) is 8.29. The normalized spacial score (nSPS) is 17.6. The molecule has 1 aromatic rings. The van der Waals surface area contributed by atoms with Crippen LogP contribution in [0, 0.1) is 0 Å². The van der Waals surface area contributed by atoms with E-state index in [9.17, 15) is 0 Å². The molecule has 0 radical (unpaired) electrons. The summed E-state index contributed by atoms with van der Waals surface area (Å²) >= 11 is 0. The van der Waals surface area contributed by atoms with E-state index in [1.807, 2.05) is 19.1 Å². The number of benzene rings is 1.